The fourth-order valence-electron chi connectivity index (χ4n) is 2.45. The number of nitrogens with two attached hydrogens (primary N) is 1. The zero-order valence-corrected chi connectivity index (χ0v) is 16.0. The molecule has 26 heavy (non-hydrogen) atoms. The van der Waals surface area contributed by atoms with Gasteiger partial charge in [-0.15, -0.1) is 11.3 Å². The van der Waals surface area contributed by atoms with Gasteiger partial charge in [-0.3, -0.25) is 9.59 Å². The van der Waals surface area contributed by atoms with Gasteiger partial charge < -0.3 is 15.8 Å². The Balaban J connectivity index is 2.06. The second-order valence-electron chi connectivity index (χ2n) is 5.90. The smallest absolute Gasteiger partial charge is 0.306 e. The van der Waals surface area contributed by atoms with E-state index in [1.165, 1.54) is 11.3 Å². The summed E-state index contributed by atoms with van der Waals surface area (Å²) in [6.45, 7) is 4.11. The summed E-state index contributed by atoms with van der Waals surface area (Å²) in [6, 6.07) is 7.34. The third-order valence-corrected chi connectivity index (χ3v) is 4.85. The van der Waals surface area contributed by atoms with Crippen molar-refractivity contribution >= 4 is 28.9 Å². The molecule has 3 N–H and O–H groups in total. The topological polar surface area (TPSA) is 94.3 Å². The number of nitrogen functional groups attached to an aromatic ring is 1. The molecule has 1 aromatic carbocycles. The van der Waals surface area contributed by atoms with Crippen LogP contribution in [0.25, 0.3) is 0 Å². The van der Waals surface area contributed by atoms with Crippen molar-refractivity contribution in [1.29, 1.82) is 0 Å². The van der Waals surface area contributed by atoms with Crippen LogP contribution in [0.2, 0.25) is 0 Å². The maximum atomic E-state index is 12.3. The largest absolute Gasteiger partial charge is 0.466 e. The maximum absolute atomic E-state index is 12.3. The first-order chi connectivity index (χ1) is 12.5. The number of aromatic nitrogens is 1. The molecule has 6 nitrogen and oxygen atoms in total. The van der Waals surface area contributed by atoms with Crippen molar-refractivity contribution in [2.45, 2.75) is 45.6 Å². The SMILES string of the molecule is CCOC(=O)CCC(=O)N[C@@H](Cc1ccc(N)cc1)c1nc(CC)cs1. The van der Waals surface area contributed by atoms with Crippen LogP contribution in [0.3, 0.4) is 0 Å². The number of nitrogens with one attached hydrogen (secondary N) is 1. The van der Waals surface area contributed by atoms with Crippen LogP contribution < -0.4 is 11.1 Å². The van der Waals surface area contributed by atoms with Crippen molar-refractivity contribution in [3.8, 4) is 0 Å². The zero-order chi connectivity index (χ0) is 18.9. The van der Waals surface area contributed by atoms with E-state index in [9.17, 15) is 9.59 Å². The monoisotopic (exact) mass is 375 g/mol. The van der Waals surface area contributed by atoms with Crippen molar-refractivity contribution < 1.29 is 14.3 Å². The van der Waals surface area contributed by atoms with Gasteiger partial charge in [-0.05, 0) is 37.5 Å². The van der Waals surface area contributed by atoms with Gasteiger partial charge in [-0.25, -0.2) is 4.98 Å². The molecule has 1 amide bonds. The highest BCUT2D eigenvalue weighted by Crippen LogP contribution is 2.23. The molecule has 1 heterocycles. The summed E-state index contributed by atoms with van der Waals surface area (Å²) in [5.41, 5.74) is 8.51. The highest BCUT2D eigenvalue weighted by molar-refractivity contribution is 7.09. The van der Waals surface area contributed by atoms with Crippen LogP contribution in [-0.4, -0.2) is 23.5 Å². The van der Waals surface area contributed by atoms with E-state index in [0.717, 1.165) is 22.7 Å². The number of anilines is 1. The summed E-state index contributed by atoms with van der Waals surface area (Å²) in [7, 11) is 0. The molecule has 2 aromatic rings. The molecule has 7 heteroatoms. The molecule has 140 valence electrons. The molecule has 0 spiro atoms. The normalized spacial score (nSPS) is 11.8. The van der Waals surface area contributed by atoms with Gasteiger partial charge in [-0.2, -0.15) is 0 Å². The number of rotatable bonds is 9. The molecule has 1 atom stereocenters. The molecule has 0 aliphatic heterocycles. The lowest BCUT2D eigenvalue weighted by Gasteiger charge is -2.17. The number of carbonyl (C=O) groups excluding carboxylic acids is 2. The number of benzene rings is 1. The van der Waals surface area contributed by atoms with E-state index in [4.69, 9.17) is 10.5 Å². The minimum atomic E-state index is -0.361. The molecule has 0 unspecified atom stereocenters. The average molecular weight is 375 g/mol. The molecule has 0 aliphatic carbocycles. The highest BCUT2D eigenvalue weighted by Gasteiger charge is 2.19. The molecule has 0 saturated heterocycles. The minimum absolute atomic E-state index is 0.0757. The lowest BCUT2D eigenvalue weighted by atomic mass is 10.1. The number of aryl methyl sites for hydroxylation is 1. The standard InChI is InChI=1S/C19H25N3O3S/c1-3-15-12-26-19(21-15)16(11-13-5-7-14(20)8-6-13)22-17(23)9-10-18(24)25-4-2/h5-8,12,16H,3-4,9-11,20H2,1-2H3,(H,22,23)/t16-/m0/s1. The second kappa shape index (κ2) is 9.91. The predicted octanol–water partition coefficient (Wildman–Crippen LogP) is 3.03. The van der Waals surface area contributed by atoms with E-state index in [0.29, 0.717) is 18.7 Å². The number of nitrogens with zero attached hydrogens (tertiary/aromatic N) is 1. The Hall–Kier alpha value is -2.41. The van der Waals surface area contributed by atoms with Crippen LogP contribution in [0.4, 0.5) is 5.69 Å². The Morgan fingerprint density at radius 3 is 2.58 bits per heavy atom. The van der Waals surface area contributed by atoms with E-state index < -0.39 is 0 Å². The first-order valence-corrected chi connectivity index (χ1v) is 9.63. The van der Waals surface area contributed by atoms with Crippen LogP contribution in [-0.2, 0) is 27.2 Å². The third kappa shape index (κ3) is 6.15. The van der Waals surface area contributed by atoms with Crippen molar-refractivity contribution in [3.05, 3.63) is 45.9 Å². The Morgan fingerprint density at radius 1 is 1.23 bits per heavy atom. The molecule has 0 fully saturated rings. The van der Waals surface area contributed by atoms with E-state index in [-0.39, 0.29) is 30.8 Å². The van der Waals surface area contributed by atoms with Gasteiger partial charge in [-0.1, -0.05) is 19.1 Å². The molecule has 1 aromatic heterocycles. The maximum Gasteiger partial charge on any atom is 0.306 e. The Bertz CT molecular complexity index is 728. The van der Waals surface area contributed by atoms with E-state index in [1.54, 1.807) is 6.92 Å². The number of carbonyl (C=O) groups is 2. The van der Waals surface area contributed by atoms with Crippen molar-refractivity contribution in [2.75, 3.05) is 12.3 Å². The van der Waals surface area contributed by atoms with Gasteiger partial charge in [0.2, 0.25) is 5.91 Å². The summed E-state index contributed by atoms with van der Waals surface area (Å²) in [5.74, 6) is -0.549. The Labute approximate surface area is 157 Å². The quantitative estimate of drug-likeness (QED) is 0.519. The highest BCUT2D eigenvalue weighted by atomic mass is 32.1. The number of hydrogen-bond donors (Lipinski definition) is 2. The second-order valence-corrected chi connectivity index (χ2v) is 6.79. The first kappa shape index (κ1) is 19.9. The van der Waals surface area contributed by atoms with Crippen LogP contribution >= 0.6 is 11.3 Å². The number of ether oxygens (including phenoxy) is 1. The van der Waals surface area contributed by atoms with Gasteiger partial charge in [0.25, 0.3) is 0 Å². The number of amides is 1. The lowest BCUT2D eigenvalue weighted by Crippen LogP contribution is -2.30. The van der Waals surface area contributed by atoms with Gasteiger partial charge >= 0.3 is 5.97 Å². The van der Waals surface area contributed by atoms with Crippen molar-refractivity contribution in [1.82, 2.24) is 10.3 Å². The van der Waals surface area contributed by atoms with Gasteiger partial charge in [0.15, 0.2) is 0 Å². The van der Waals surface area contributed by atoms with Gasteiger partial charge in [0, 0.05) is 17.5 Å². The molecule has 2 rings (SSSR count). The van der Waals surface area contributed by atoms with Crippen molar-refractivity contribution in [3.63, 3.8) is 0 Å². The lowest BCUT2D eigenvalue weighted by molar-refractivity contribution is -0.144. The summed E-state index contributed by atoms with van der Waals surface area (Å²) < 4.78 is 4.87. The predicted molar refractivity (Wildman–Crippen MR) is 103 cm³/mol. The third-order valence-electron chi connectivity index (χ3n) is 3.85. The van der Waals surface area contributed by atoms with Crippen LogP contribution in [0.5, 0.6) is 0 Å². The summed E-state index contributed by atoms with van der Waals surface area (Å²) in [5, 5.41) is 5.88. The Morgan fingerprint density at radius 2 is 1.96 bits per heavy atom. The number of thiazole rings is 1. The summed E-state index contributed by atoms with van der Waals surface area (Å²) in [6.07, 6.45) is 1.64. The Kier molecular flexibility index (Phi) is 7.59. The summed E-state index contributed by atoms with van der Waals surface area (Å²) in [4.78, 5) is 28.3. The molecular weight excluding hydrogens is 350 g/mol. The molecule has 0 saturated carbocycles. The van der Waals surface area contributed by atoms with Crippen LogP contribution in [0, 0.1) is 0 Å². The first-order valence-electron chi connectivity index (χ1n) is 8.75. The minimum Gasteiger partial charge on any atom is -0.466 e. The van der Waals surface area contributed by atoms with Crippen LogP contribution in [0.1, 0.15) is 49.0 Å². The van der Waals surface area contributed by atoms with Gasteiger partial charge in [0.05, 0.1) is 24.8 Å². The molecule has 0 bridgehead atoms. The molecule has 0 radical (unpaired) electrons. The van der Waals surface area contributed by atoms with Crippen molar-refractivity contribution in [2.24, 2.45) is 0 Å². The van der Waals surface area contributed by atoms with E-state index in [1.807, 2.05) is 36.6 Å². The fourth-order valence-corrected chi connectivity index (χ4v) is 3.40. The number of hydrogen-bond acceptors (Lipinski definition) is 6. The molecule has 0 aliphatic rings. The zero-order valence-electron chi connectivity index (χ0n) is 15.2. The van der Waals surface area contributed by atoms with E-state index >= 15 is 0 Å². The summed E-state index contributed by atoms with van der Waals surface area (Å²) >= 11 is 1.54. The fraction of sp³-hybridized carbons (Fsp3) is 0.421. The molecular formula is C19H25N3O3S. The number of esters is 1. The van der Waals surface area contributed by atoms with Crippen LogP contribution in [0.15, 0.2) is 29.6 Å². The van der Waals surface area contributed by atoms with Gasteiger partial charge in [0.1, 0.15) is 5.01 Å². The average Bonchev–Trinajstić information content (AvgIpc) is 3.11. The van der Waals surface area contributed by atoms with E-state index in [2.05, 4.69) is 10.3 Å².